The summed E-state index contributed by atoms with van der Waals surface area (Å²) in [6.45, 7) is 0.229. The second-order valence-corrected chi connectivity index (χ2v) is 5.76. The maximum atomic E-state index is 14.1. The van der Waals surface area contributed by atoms with E-state index in [0.29, 0.717) is 28.4 Å². The summed E-state index contributed by atoms with van der Waals surface area (Å²) in [6, 6.07) is 15.3. The first-order valence-electron chi connectivity index (χ1n) is 8.15. The monoisotopic (exact) mass is 349 g/mol. The topological polar surface area (TPSA) is 75.3 Å². The lowest BCUT2D eigenvalue weighted by Crippen LogP contribution is -2.15. The molecule has 0 aliphatic rings. The smallest absolute Gasteiger partial charge is 0.157 e. The normalized spacial score (nSPS) is 12.2. The van der Waals surface area contributed by atoms with E-state index in [1.165, 1.54) is 6.07 Å². The Balaban J connectivity index is 1.66. The lowest BCUT2D eigenvalue weighted by atomic mass is 10.1. The first-order valence-corrected chi connectivity index (χ1v) is 8.15. The molecule has 0 bridgehead atoms. The Morgan fingerprint density at radius 2 is 1.92 bits per heavy atom. The van der Waals surface area contributed by atoms with Crippen LogP contribution in [-0.4, -0.2) is 31.2 Å². The number of anilines is 1. The van der Waals surface area contributed by atoms with Crippen molar-refractivity contribution < 1.29 is 9.50 Å². The van der Waals surface area contributed by atoms with Crippen molar-refractivity contribution in [2.24, 2.45) is 0 Å². The van der Waals surface area contributed by atoms with E-state index < -0.39 is 6.10 Å². The van der Waals surface area contributed by atoms with Crippen LogP contribution in [0.2, 0.25) is 0 Å². The summed E-state index contributed by atoms with van der Waals surface area (Å²) >= 11 is 0. The maximum absolute atomic E-state index is 14.1. The van der Waals surface area contributed by atoms with Crippen LogP contribution in [0.4, 0.5) is 10.2 Å². The molecule has 6 nitrogen and oxygen atoms in total. The van der Waals surface area contributed by atoms with Crippen molar-refractivity contribution in [2.75, 3.05) is 11.9 Å². The minimum Gasteiger partial charge on any atom is -0.385 e. The first-order chi connectivity index (χ1) is 12.7. The molecule has 0 fully saturated rings. The molecule has 1 aromatic carbocycles. The second-order valence-electron chi connectivity index (χ2n) is 5.76. The van der Waals surface area contributed by atoms with Gasteiger partial charge in [-0.3, -0.25) is 4.98 Å². The zero-order valence-corrected chi connectivity index (χ0v) is 13.7. The molecule has 3 aromatic heterocycles. The minimum absolute atomic E-state index is 0.229. The number of aromatic nitrogens is 4. The number of rotatable bonds is 5. The molecular weight excluding hydrogens is 333 g/mol. The van der Waals surface area contributed by atoms with Gasteiger partial charge in [-0.15, -0.1) is 0 Å². The summed E-state index contributed by atoms with van der Waals surface area (Å²) in [5.41, 5.74) is 2.05. The van der Waals surface area contributed by atoms with Crippen molar-refractivity contribution in [2.45, 2.75) is 6.10 Å². The van der Waals surface area contributed by atoms with Crippen molar-refractivity contribution in [1.82, 2.24) is 19.6 Å². The number of halogens is 1. The molecule has 0 radical (unpaired) electrons. The average molecular weight is 349 g/mol. The Hall–Kier alpha value is -3.32. The van der Waals surface area contributed by atoms with Crippen molar-refractivity contribution in [1.29, 1.82) is 0 Å². The lowest BCUT2D eigenvalue weighted by molar-refractivity contribution is 0.186. The third-order valence-corrected chi connectivity index (χ3v) is 4.01. The maximum Gasteiger partial charge on any atom is 0.157 e. The molecule has 1 atom stereocenters. The molecule has 4 aromatic rings. The molecule has 4 rings (SSSR count). The highest BCUT2D eigenvalue weighted by atomic mass is 19.1. The molecule has 0 unspecified atom stereocenters. The van der Waals surface area contributed by atoms with Crippen LogP contribution in [0.3, 0.4) is 0 Å². The van der Waals surface area contributed by atoms with E-state index in [9.17, 15) is 9.50 Å². The molecule has 26 heavy (non-hydrogen) atoms. The predicted octanol–water partition coefficient (Wildman–Crippen LogP) is 3.08. The van der Waals surface area contributed by atoms with Gasteiger partial charge in [0.25, 0.3) is 0 Å². The number of nitrogens with one attached hydrogen (secondary N) is 1. The van der Waals surface area contributed by atoms with E-state index >= 15 is 0 Å². The Bertz CT molecular complexity index is 1030. The first kappa shape index (κ1) is 16.2. The van der Waals surface area contributed by atoms with E-state index in [1.54, 1.807) is 59.4 Å². The van der Waals surface area contributed by atoms with Gasteiger partial charge in [0.2, 0.25) is 0 Å². The van der Waals surface area contributed by atoms with Crippen LogP contribution in [0, 0.1) is 5.82 Å². The highest BCUT2D eigenvalue weighted by molar-refractivity contribution is 5.66. The number of fused-ring (bicyclic) bond motifs is 1. The number of aliphatic hydroxyl groups is 1. The molecule has 7 heteroatoms. The minimum atomic E-state index is -0.785. The van der Waals surface area contributed by atoms with Gasteiger partial charge in [-0.2, -0.15) is 9.61 Å². The van der Waals surface area contributed by atoms with Gasteiger partial charge in [0.05, 0.1) is 17.6 Å². The largest absolute Gasteiger partial charge is 0.385 e. The average Bonchev–Trinajstić information content (AvgIpc) is 3.15. The van der Waals surface area contributed by atoms with Gasteiger partial charge in [0, 0.05) is 30.4 Å². The molecule has 0 spiro atoms. The number of aliphatic hydroxyl groups excluding tert-OH is 1. The van der Waals surface area contributed by atoms with Crippen LogP contribution < -0.4 is 5.32 Å². The molecule has 0 aliphatic heterocycles. The van der Waals surface area contributed by atoms with Gasteiger partial charge >= 0.3 is 0 Å². The SMILES string of the molecule is O[C@@H](CNc1cc(-c2ccccc2F)nc2ccnn12)c1ccccn1. The zero-order chi connectivity index (χ0) is 17.9. The summed E-state index contributed by atoms with van der Waals surface area (Å²) in [6.07, 6.45) is 2.47. The fourth-order valence-corrected chi connectivity index (χ4v) is 2.72. The number of hydrogen-bond acceptors (Lipinski definition) is 5. The van der Waals surface area contributed by atoms with Crippen molar-refractivity contribution in [3.8, 4) is 11.3 Å². The quantitative estimate of drug-likeness (QED) is 0.579. The number of hydrogen-bond donors (Lipinski definition) is 2. The van der Waals surface area contributed by atoms with Crippen LogP contribution in [0.1, 0.15) is 11.8 Å². The lowest BCUT2D eigenvalue weighted by Gasteiger charge is -2.14. The molecule has 0 saturated heterocycles. The van der Waals surface area contributed by atoms with E-state index in [2.05, 4.69) is 20.4 Å². The van der Waals surface area contributed by atoms with Crippen molar-refractivity contribution in [3.05, 3.63) is 78.5 Å². The van der Waals surface area contributed by atoms with Gasteiger partial charge in [0.1, 0.15) is 17.7 Å². The number of pyridine rings is 1. The molecule has 0 amide bonds. The number of benzene rings is 1. The molecular formula is C19H16FN5O. The summed E-state index contributed by atoms with van der Waals surface area (Å²) in [5.74, 6) is 0.261. The molecule has 2 N–H and O–H groups in total. The van der Waals surface area contributed by atoms with Crippen LogP contribution in [0.25, 0.3) is 16.9 Å². The summed E-state index contributed by atoms with van der Waals surface area (Å²) in [5, 5.41) is 17.7. The Morgan fingerprint density at radius 3 is 2.73 bits per heavy atom. The van der Waals surface area contributed by atoms with Gasteiger partial charge in [-0.1, -0.05) is 18.2 Å². The summed E-state index contributed by atoms with van der Waals surface area (Å²) in [4.78, 5) is 8.60. The predicted molar refractivity (Wildman–Crippen MR) is 96.1 cm³/mol. The highest BCUT2D eigenvalue weighted by Crippen LogP contribution is 2.25. The van der Waals surface area contributed by atoms with Crippen LogP contribution >= 0.6 is 0 Å². The molecule has 3 heterocycles. The fourth-order valence-electron chi connectivity index (χ4n) is 2.72. The highest BCUT2D eigenvalue weighted by Gasteiger charge is 2.13. The Kier molecular flexibility index (Phi) is 4.28. The fraction of sp³-hybridized carbons (Fsp3) is 0.105. The van der Waals surface area contributed by atoms with Crippen LogP contribution in [0.15, 0.2) is 67.0 Å². The van der Waals surface area contributed by atoms with Crippen LogP contribution in [-0.2, 0) is 0 Å². The zero-order valence-electron chi connectivity index (χ0n) is 13.7. The van der Waals surface area contributed by atoms with Crippen molar-refractivity contribution in [3.63, 3.8) is 0 Å². The Labute approximate surface area is 149 Å². The summed E-state index contributed by atoms with van der Waals surface area (Å²) < 4.78 is 15.7. The third-order valence-electron chi connectivity index (χ3n) is 4.01. The van der Waals surface area contributed by atoms with Gasteiger partial charge in [-0.25, -0.2) is 9.37 Å². The van der Waals surface area contributed by atoms with E-state index in [1.807, 2.05) is 6.07 Å². The van der Waals surface area contributed by atoms with Gasteiger partial charge < -0.3 is 10.4 Å². The van der Waals surface area contributed by atoms with Crippen molar-refractivity contribution >= 4 is 11.5 Å². The van der Waals surface area contributed by atoms with E-state index in [-0.39, 0.29) is 12.4 Å². The molecule has 130 valence electrons. The van der Waals surface area contributed by atoms with Gasteiger partial charge in [-0.05, 0) is 24.3 Å². The van der Waals surface area contributed by atoms with E-state index in [4.69, 9.17) is 0 Å². The standard InChI is InChI=1S/C19H16FN5O/c20-14-6-2-1-5-13(14)16-11-19(25-18(24-16)8-10-23-25)22-12-17(26)15-7-3-4-9-21-15/h1-11,17,22,26H,12H2/t17-/m0/s1. The summed E-state index contributed by atoms with van der Waals surface area (Å²) in [7, 11) is 0. The molecule has 0 aliphatic carbocycles. The Morgan fingerprint density at radius 1 is 1.08 bits per heavy atom. The second kappa shape index (κ2) is 6.89. The van der Waals surface area contributed by atoms with Gasteiger partial charge in [0.15, 0.2) is 5.65 Å². The van der Waals surface area contributed by atoms with E-state index in [0.717, 1.165) is 0 Å². The molecule has 0 saturated carbocycles. The van der Waals surface area contributed by atoms with Crippen LogP contribution in [0.5, 0.6) is 0 Å². The number of nitrogens with zero attached hydrogens (tertiary/aromatic N) is 4. The third kappa shape index (κ3) is 3.12.